The molecule has 20 atom stereocenters. The number of carbonyl (C=O) groups excluding carboxylic acids is 1. The molecule has 1 saturated carbocycles. The maximum atomic E-state index is 13.8. The average molecular weight is 811 g/mol. The summed E-state index contributed by atoms with van der Waals surface area (Å²) in [7, 11) is 3.14. The van der Waals surface area contributed by atoms with Crippen LogP contribution in [0.1, 0.15) is 86.0 Å². The molecule has 5 saturated heterocycles. The van der Waals surface area contributed by atoms with Crippen molar-refractivity contribution in [1.82, 2.24) is 0 Å². The SMILES string of the molecule is CO[C@H]1C[C@H](O[C@@H]2CC3=CC[C@H]4C(=O)OC5CO[C@]6(C)OC=C(CC[C@@H]4[C@@]3(C)C[C@H]2O)[C@]56O)O[C@H](C)[C@H]1O[C@H]1C[C@H](O)[C@H](O[C@H]2C[C@@H](OC)[C@@H](O)[C@H](C)O2)[C@@H](C)O1. The van der Waals surface area contributed by atoms with E-state index in [0.717, 1.165) is 5.57 Å². The highest BCUT2D eigenvalue weighted by atomic mass is 16.8. The number of hydrogen-bond acceptors (Lipinski definition) is 16. The molecule has 0 aromatic rings. The van der Waals surface area contributed by atoms with Crippen molar-refractivity contribution in [2.75, 3.05) is 20.8 Å². The van der Waals surface area contributed by atoms with Gasteiger partial charge in [-0.25, -0.2) is 0 Å². The van der Waals surface area contributed by atoms with Gasteiger partial charge in [0.25, 0.3) is 0 Å². The van der Waals surface area contributed by atoms with Crippen LogP contribution in [-0.2, 0) is 56.9 Å². The van der Waals surface area contributed by atoms with Gasteiger partial charge in [-0.2, -0.15) is 0 Å². The Morgan fingerprint density at radius 1 is 0.789 bits per heavy atom. The van der Waals surface area contributed by atoms with Crippen molar-refractivity contribution >= 4 is 5.97 Å². The normalized spacial score (nSPS) is 52.5. The standard InChI is InChI=1S/C41H62O16/c1-19-35(44)29(47-6)14-34(51-19)56-36-20(2)52-32(13-26(36)42)57-37-21(3)53-33(15-30(37)48-7)54-28-12-22-8-10-24-25(39(22,4)16-27(28)43)11-9-23-17-49-40(5)41(23,46)31(18-50-40)55-38(24)45/h8,17,19-21,24-37,42-44,46H,9-16,18H2,1-7H3/t19-,20+,21+,24+,25-,26-,27+,28+,29+,30-,31?,32-,33-,34-,35-,36+,37+,39-,40-,41-/m0/s1. The van der Waals surface area contributed by atoms with Gasteiger partial charge in [-0.15, -0.1) is 0 Å². The molecule has 0 spiro atoms. The second kappa shape index (κ2) is 15.9. The van der Waals surface area contributed by atoms with Crippen LogP contribution in [0.4, 0.5) is 0 Å². The van der Waals surface area contributed by atoms with E-state index < -0.39 is 115 Å². The third kappa shape index (κ3) is 7.31. The Hall–Kier alpha value is -1.77. The third-order valence-corrected chi connectivity index (χ3v) is 14.5. The number of aliphatic hydroxyl groups excluding tert-OH is 3. The van der Waals surface area contributed by atoms with Gasteiger partial charge in [0, 0.05) is 46.0 Å². The minimum Gasteiger partial charge on any atom is -0.466 e. The predicted octanol–water partition coefficient (Wildman–Crippen LogP) is 2.12. The summed E-state index contributed by atoms with van der Waals surface area (Å²) >= 11 is 0. The number of carbonyl (C=O) groups is 1. The topological polar surface area (TPSA) is 200 Å². The molecule has 57 heavy (non-hydrogen) atoms. The molecule has 16 nitrogen and oxygen atoms in total. The molecule has 0 radical (unpaired) electrons. The first-order valence-corrected chi connectivity index (χ1v) is 20.7. The summed E-state index contributed by atoms with van der Waals surface area (Å²) in [4.78, 5) is 13.8. The summed E-state index contributed by atoms with van der Waals surface area (Å²) in [6.07, 6.45) is -2.71. The molecule has 1 unspecified atom stereocenters. The molecule has 0 aromatic heterocycles. The van der Waals surface area contributed by atoms with Crippen LogP contribution in [0.15, 0.2) is 23.5 Å². The number of aliphatic hydroxyl groups is 4. The van der Waals surface area contributed by atoms with E-state index in [0.29, 0.717) is 50.5 Å². The van der Waals surface area contributed by atoms with Crippen molar-refractivity contribution in [3.8, 4) is 0 Å². The number of fused-ring (bicyclic) bond motifs is 3. The number of rotatable bonds is 8. The van der Waals surface area contributed by atoms with Gasteiger partial charge in [0.05, 0.1) is 67.6 Å². The summed E-state index contributed by atoms with van der Waals surface area (Å²) in [6.45, 7) is 9.29. The summed E-state index contributed by atoms with van der Waals surface area (Å²) in [5.41, 5.74) is -0.252. The van der Waals surface area contributed by atoms with Crippen molar-refractivity contribution in [3.05, 3.63) is 23.5 Å². The number of methoxy groups -OCH3 is 2. The number of ether oxygens (including phenoxy) is 11. The molecule has 0 aromatic carbocycles. The van der Waals surface area contributed by atoms with E-state index in [1.165, 1.54) is 7.11 Å². The summed E-state index contributed by atoms with van der Waals surface area (Å²) in [6, 6.07) is 0. The molecule has 6 fully saturated rings. The Kier molecular flexibility index (Phi) is 11.7. The fourth-order valence-electron chi connectivity index (χ4n) is 11.0. The minimum absolute atomic E-state index is 0.0502. The lowest BCUT2D eigenvalue weighted by molar-refractivity contribution is -0.338. The molecule has 4 N–H and O–H groups in total. The molecule has 0 amide bonds. The summed E-state index contributed by atoms with van der Waals surface area (Å²) < 4.78 is 66.4. The van der Waals surface area contributed by atoms with E-state index in [4.69, 9.17) is 52.1 Å². The van der Waals surface area contributed by atoms with Crippen LogP contribution in [0.2, 0.25) is 0 Å². The Balaban J connectivity index is 0.874. The van der Waals surface area contributed by atoms with Gasteiger partial charge >= 0.3 is 5.97 Å². The van der Waals surface area contributed by atoms with Crippen molar-refractivity contribution in [1.29, 1.82) is 0 Å². The van der Waals surface area contributed by atoms with Gasteiger partial charge in [-0.1, -0.05) is 18.6 Å². The first-order chi connectivity index (χ1) is 27.1. The van der Waals surface area contributed by atoms with E-state index in [2.05, 4.69) is 13.0 Å². The van der Waals surface area contributed by atoms with Crippen LogP contribution in [0.5, 0.6) is 0 Å². The summed E-state index contributed by atoms with van der Waals surface area (Å²) in [5, 5.41) is 45.0. The van der Waals surface area contributed by atoms with Gasteiger partial charge < -0.3 is 72.5 Å². The van der Waals surface area contributed by atoms with Crippen LogP contribution >= 0.6 is 0 Å². The largest absolute Gasteiger partial charge is 0.466 e. The van der Waals surface area contributed by atoms with Gasteiger partial charge in [0.1, 0.15) is 18.3 Å². The Morgan fingerprint density at radius 3 is 2.16 bits per heavy atom. The molecular weight excluding hydrogens is 748 g/mol. The summed E-state index contributed by atoms with van der Waals surface area (Å²) in [5.74, 6) is -2.23. The fraction of sp³-hybridized carbons (Fsp3) is 0.878. The lowest BCUT2D eigenvalue weighted by Gasteiger charge is -2.52. The molecule has 8 rings (SSSR count). The molecular formula is C41H62O16. The smallest absolute Gasteiger partial charge is 0.310 e. The van der Waals surface area contributed by atoms with Crippen LogP contribution < -0.4 is 0 Å². The highest BCUT2D eigenvalue weighted by Crippen LogP contribution is 2.58. The van der Waals surface area contributed by atoms with Crippen LogP contribution in [-0.4, -0.2) is 151 Å². The Labute approximate surface area is 333 Å². The minimum atomic E-state index is -1.55. The number of hydrogen-bond donors (Lipinski definition) is 4. The van der Waals surface area contributed by atoms with E-state index in [1.54, 1.807) is 27.2 Å². The molecule has 6 aliphatic heterocycles. The monoisotopic (exact) mass is 810 g/mol. The fourth-order valence-corrected chi connectivity index (χ4v) is 11.0. The highest BCUT2D eigenvalue weighted by Gasteiger charge is 2.68. The van der Waals surface area contributed by atoms with Crippen LogP contribution in [0.25, 0.3) is 0 Å². The van der Waals surface area contributed by atoms with Crippen molar-refractivity contribution < 1.29 is 77.3 Å². The zero-order valence-electron chi connectivity index (χ0n) is 34.0. The maximum absolute atomic E-state index is 13.8. The van der Waals surface area contributed by atoms with E-state index >= 15 is 0 Å². The van der Waals surface area contributed by atoms with E-state index in [-0.39, 0.29) is 24.9 Å². The van der Waals surface area contributed by atoms with Gasteiger partial charge in [0.15, 0.2) is 30.6 Å². The zero-order valence-corrected chi connectivity index (χ0v) is 34.0. The van der Waals surface area contributed by atoms with Gasteiger partial charge in [-0.05, 0) is 64.2 Å². The van der Waals surface area contributed by atoms with Crippen molar-refractivity contribution in [2.45, 2.75) is 189 Å². The third-order valence-electron chi connectivity index (χ3n) is 14.5. The van der Waals surface area contributed by atoms with Crippen LogP contribution in [0, 0.1) is 17.3 Å². The van der Waals surface area contributed by atoms with Gasteiger partial charge in [0.2, 0.25) is 5.79 Å². The quantitative estimate of drug-likeness (QED) is 0.205. The molecule has 6 heterocycles. The number of allylic oxidation sites excluding steroid dienone is 1. The first kappa shape index (κ1) is 41.9. The lowest BCUT2D eigenvalue weighted by atomic mass is 9.55. The molecule has 2 aliphatic carbocycles. The average Bonchev–Trinajstić information content (AvgIpc) is 3.58. The van der Waals surface area contributed by atoms with E-state index in [1.807, 2.05) is 13.8 Å². The Bertz CT molecular complexity index is 1530. The molecule has 0 bridgehead atoms. The maximum Gasteiger partial charge on any atom is 0.310 e. The molecule has 322 valence electrons. The first-order valence-electron chi connectivity index (χ1n) is 20.7. The Morgan fingerprint density at radius 2 is 1.44 bits per heavy atom. The van der Waals surface area contributed by atoms with Crippen molar-refractivity contribution in [2.24, 2.45) is 17.3 Å². The number of esters is 1. The molecule has 8 aliphatic rings. The predicted molar refractivity (Wildman–Crippen MR) is 196 cm³/mol. The van der Waals surface area contributed by atoms with Crippen LogP contribution in [0.3, 0.4) is 0 Å². The zero-order chi connectivity index (χ0) is 40.6. The van der Waals surface area contributed by atoms with Crippen molar-refractivity contribution in [3.63, 3.8) is 0 Å². The molecule has 16 heteroatoms. The van der Waals surface area contributed by atoms with Gasteiger partial charge in [-0.3, -0.25) is 4.79 Å². The van der Waals surface area contributed by atoms with E-state index in [9.17, 15) is 25.2 Å². The highest BCUT2D eigenvalue weighted by molar-refractivity contribution is 5.74. The second-order valence-corrected chi connectivity index (χ2v) is 17.8. The second-order valence-electron chi connectivity index (χ2n) is 17.8. The lowest BCUT2D eigenvalue weighted by Crippen LogP contribution is -2.57.